The minimum atomic E-state index is -3.50. The smallest absolute Gasteiger partial charge is 0.240 e. The van der Waals surface area contributed by atoms with E-state index in [4.69, 9.17) is 11.6 Å². The second-order valence-corrected chi connectivity index (χ2v) is 8.58. The van der Waals surface area contributed by atoms with E-state index in [1.165, 1.54) is 0 Å². The molecule has 0 aliphatic heterocycles. The number of aryl methyl sites for hydroxylation is 2. The highest BCUT2D eigenvalue weighted by molar-refractivity contribution is 7.89. The lowest BCUT2D eigenvalue weighted by atomic mass is 10.1. The van der Waals surface area contributed by atoms with Gasteiger partial charge in [0.2, 0.25) is 15.9 Å². The molecule has 2 N–H and O–H groups in total. The summed E-state index contributed by atoms with van der Waals surface area (Å²) in [5.74, 6) is -0.103. The number of rotatable bonds is 7. The molecule has 1 amide bonds. The van der Waals surface area contributed by atoms with Crippen LogP contribution < -0.4 is 10.0 Å². The summed E-state index contributed by atoms with van der Waals surface area (Å²) in [5.41, 5.74) is 2.54. The van der Waals surface area contributed by atoms with Gasteiger partial charge in [-0.2, -0.15) is 0 Å². The molecule has 0 aliphatic rings. The van der Waals surface area contributed by atoms with E-state index in [0.717, 1.165) is 16.8 Å². The van der Waals surface area contributed by atoms with Crippen LogP contribution in [0.15, 0.2) is 47.4 Å². The van der Waals surface area contributed by atoms with E-state index in [9.17, 15) is 13.2 Å². The molecule has 0 aromatic heterocycles. The molecule has 7 heteroatoms. The Kier molecular flexibility index (Phi) is 6.81. The summed E-state index contributed by atoms with van der Waals surface area (Å²) in [4.78, 5) is 12.3. The van der Waals surface area contributed by atoms with Gasteiger partial charge in [-0.1, -0.05) is 23.7 Å². The van der Waals surface area contributed by atoms with E-state index >= 15 is 0 Å². The minimum absolute atomic E-state index is 0.103. The predicted molar refractivity (Wildman–Crippen MR) is 105 cm³/mol. The summed E-state index contributed by atoms with van der Waals surface area (Å²) in [6, 6.07) is 11.7. The first-order valence-electron chi connectivity index (χ1n) is 8.34. The number of sulfonamides is 1. The van der Waals surface area contributed by atoms with Crippen LogP contribution in [0.5, 0.6) is 0 Å². The van der Waals surface area contributed by atoms with Crippen LogP contribution in [0.25, 0.3) is 0 Å². The number of benzene rings is 2. The highest BCUT2D eigenvalue weighted by Crippen LogP contribution is 2.20. The zero-order chi connectivity index (χ0) is 19.3. The van der Waals surface area contributed by atoms with Crippen molar-refractivity contribution in [2.75, 3.05) is 5.32 Å². The molecular weight excluding hydrogens is 372 g/mol. The molecule has 2 aromatic rings. The standard InChI is InChI=1S/C19H23ClN2O3S/c1-13(2)22-26(24,25)17-8-4-15(5-9-17)6-11-19(23)21-18-10-7-16(20)12-14(18)3/h4-5,7-10,12-13,22H,6,11H2,1-3H3,(H,21,23). The van der Waals surface area contributed by atoms with Gasteiger partial charge in [-0.15, -0.1) is 0 Å². The SMILES string of the molecule is Cc1cc(Cl)ccc1NC(=O)CCc1ccc(S(=O)(=O)NC(C)C)cc1. The van der Waals surface area contributed by atoms with Crippen LogP contribution >= 0.6 is 11.6 Å². The van der Waals surface area contributed by atoms with Gasteiger partial charge in [0.15, 0.2) is 0 Å². The Bertz CT molecular complexity index is 878. The molecule has 0 saturated carbocycles. The van der Waals surface area contributed by atoms with Gasteiger partial charge in [0.25, 0.3) is 0 Å². The van der Waals surface area contributed by atoms with E-state index in [2.05, 4.69) is 10.0 Å². The first kappa shape index (κ1) is 20.4. The maximum Gasteiger partial charge on any atom is 0.240 e. The second-order valence-electron chi connectivity index (χ2n) is 6.43. The van der Waals surface area contributed by atoms with Crippen molar-refractivity contribution in [3.63, 3.8) is 0 Å². The molecule has 2 aromatic carbocycles. The van der Waals surface area contributed by atoms with Gasteiger partial charge < -0.3 is 5.32 Å². The van der Waals surface area contributed by atoms with Crippen molar-refractivity contribution >= 4 is 33.2 Å². The normalized spacial score (nSPS) is 11.6. The molecular formula is C19H23ClN2O3S. The van der Waals surface area contributed by atoms with Crippen molar-refractivity contribution in [2.24, 2.45) is 0 Å². The number of amides is 1. The summed E-state index contributed by atoms with van der Waals surface area (Å²) < 4.78 is 26.7. The fraction of sp³-hybridized carbons (Fsp3) is 0.316. The monoisotopic (exact) mass is 394 g/mol. The Hall–Kier alpha value is -1.89. The van der Waals surface area contributed by atoms with Crippen molar-refractivity contribution in [2.45, 2.75) is 44.6 Å². The zero-order valence-corrected chi connectivity index (χ0v) is 16.6. The number of hydrogen-bond donors (Lipinski definition) is 2. The van der Waals surface area contributed by atoms with E-state index in [1.807, 2.05) is 6.92 Å². The summed E-state index contributed by atoms with van der Waals surface area (Å²) in [7, 11) is -3.50. The zero-order valence-electron chi connectivity index (χ0n) is 15.0. The van der Waals surface area contributed by atoms with E-state index in [-0.39, 0.29) is 16.8 Å². The van der Waals surface area contributed by atoms with Gasteiger partial charge in [0.1, 0.15) is 0 Å². The topological polar surface area (TPSA) is 75.3 Å². The molecule has 0 spiro atoms. The van der Waals surface area contributed by atoms with Crippen molar-refractivity contribution in [3.8, 4) is 0 Å². The second kappa shape index (κ2) is 8.66. The number of anilines is 1. The third-order valence-electron chi connectivity index (χ3n) is 3.73. The summed E-state index contributed by atoms with van der Waals surface area (Å²) >= 11 is 5.91. The highest BCUT2D eigenvalue weighted by atomic mass is 35.5. The van der Waals surface area contributed by atoms with Gasteiger partial charge in [-0.3, -0.25) is 4.79 Å². The molecule has 0 atom stereocenters. The van der Waals surface area contributed by atoms with Crippen LogP contribution in [0.1, 0.15) is 31.4 Å². The fourth-order valence-electron chi connectivity index (χ4n) is 2.45. The van der Waals surface area contributed by atoms with E-state index < -0.39 is 10.0 Å². The number of carbonyl (C=O) groups is 1. The summed E-state index contributed by atoms with van der Waals surface area (Å²) in [6.45, 7) is 5.42. The molecule has 140 valence electrons. The van der Waals surface area contributed by atoms with Gasteiger partial charge >= 0.3 is 0 Å². The minimum Gasteiger partial charge on any atom is -0.326 e. The first-order chi connectivity index (χ1) is 12.2. The highest BCUT2D eigenvalue weighted by Gasteiger charge is 2.15. The quantitative estimate of drug-likeness (QED) is 0.747. The molecule has 0 fully saturated rings. The summed E-state index contributed by atoms with van der Waals surface area (Å²) in [5, 5.41) is 3.49. The number of halogens is 1. The number of carbonyl (C=O) groups excluding carboxylic acids is 1. The third-order valence-corrected chi connectivity index (χ3v) is 5.64. The van der Waals surface area contributed by atoms with Crippen LogP contribution in [0.2, 0.25) is 5.02 Å². The maximum absolute atomic E-state index is 12.1. The van der Waals surface area contributed by atoms with Crippen LogP contribution in [0.3, 0.4) is 0 Å². The molecule has 0 saturated heterocycles. The largest absolute Gasteiger partial charge is 0.326 e. The molecule has 2 rings (SSSR count). The van der Waals surface area contributed by atoms with Crippen molar-refractivity contribution in [1.29, 1.82) is 0 Å². The molecule has 5 nitrogen and oxygen atoms in total. The molecule has 0 heterocycles. The van der Waals surface area contributed by atoms with Crippen LogP contribution in [-0.2, 0) is 21.2 Å². The lowest BCUT2D eigenvalue weighted by molar-refractivity contribution is -0.116. The maximum atomic E-state index is 12.1. The Morgan fingerprint density at radius 3 is 2.35 bits per heavy atom. The third kappa shape index (κ3) is 5.83. The average molecular weight is 395 g/mol. The lowest BCUT2D eigenvalue weighted by Crippen LogP contribution is -2.30. The molecule has 0 aliphatic carbocycles. The van der Waals surface area contributed by atoms with Crippen molar-refractivity contribution in [1.82, 2.24) is 4.72 Å². The Labute approximate surface area is 159 Å². The number of nitrogens with one attached hydrogen (secondary N) is 2. The van der Waals surface area contributed by atoms with Gasteiger partial charge in [0.05, 0.1) is 4.90 Å². The van der Waals surface area contributed by atoms with Gasteiger partial charge in [-0.25, -0.2) is 13.1 Å². The van der Waals surface area contributed by atoms with E-state index in [0.29, 0.717) is 17.9 Å². The number of hydrogen-bond acceptors (Lipinski definition) is 3. The molecule has 0 radical (unpaired) electrons. The van der Waals surface area contributed by atoms with Crippen molar-refractivity contribution < 1.29 is 13.2 Å². The van der Waals surface area contributed by atoms with Crippen LogP contribution in [0.4, 0.5) is 5.69 Å². The first-order valence-corrected chi connectivity index (χ1v) is 10.2. The summed E-state index contributed by atoms with van der Waals surface area (Å²) in [6.07, 6.45) is 0.828. The molecule has 0 unspecified atom stereocenters. The van der Waals surface area contributed by atoms with Gasteiger partial charge in [0, 0.05) is 23.2 Å². The lowest BCUT2D eigenvalue weighted by Gasteiger charge is -2.10. The molecule has 26 heavy (non-hydrogen) atoms. The van der Waals surface area contributed by atoms with Crippen LogP contribution in [-0.4, -0.2) is 20.4 Å². The predicted octanol–water partition coefficient (Wildman–Crippen LogP) is 3.91. The van der Waals surface area contributed by atoms with E-state index in [1.54, 1.807) is 56.3 Å². The Morgan fingerprint density at radius 1 is 1.12 bits per heavy atom. The average Bonchev–Trinajstić information content (AvgIpc) is 2.55. The Morgan fingerprint density at radius 2 is 1.77 bits per heavy atom. The van der Waals surface area contributed by atoms with Crippen LogP contribution in [0, 0.1) is 6.92 Å². The fourth-order valence-corrected chi connectivity index (χ4v) is 3.93. The van der Waals surface area contributed by atoms with Crippen molar-refractivity contribution in [3.05, 3.63) is 58.6 Å². The Balaban J connectivity index is 1.94. The van der Waals surface area contributed by atoms with Gasteiger partial charge in [-0.05, 0) is 68.7 Å². The molecule has 0 bridgehead atoms.